The van der Waals surface area contributed by atoms with Crippen LogP contribution in [0.5, 0.6) is 0 Å². The van der Waals surface area contributed by atoms with E-state index in [1.165, 1.54) is 11.1 Å². The van der Waals surface area contributed by atoms with Gasteiger partial charge in [-0.25, -0.2) is 4.98 Å². The number of aryl methyl sites for hydroxylation is 1. The van der Waals surface area contributed by atoms with E-state index in [9.17, 15) is 0 Å². The highest BCUT2D eigenvalue weighted by atomic mass is 14.9. The van der Waals surface area contributed by atoms with Gasteiger partial charge < -0.3 is 4.98 Å². The van der Waals surface area contributed by atoms with Crippen molar-refractivity contribution in [1.82, 2.24) is 9.97 Å². The van der Waals surface area contributed by atoms with E-state index in [1.807, 2.05) is 24.3 Å². The van der Waals surface area contributed by atoms with Crippen LogP contribution >= 0.6 is 0 Å². The fourth-order valence-corrected chi connectivity index (χ4v) is 2.93. The Morgan fingerprint density at radius 3 is 1.71 bits per heavy atom. The summed E-state index contributed by atoms with van der Waals surface area (Å²) in [6, 6.07) is 29.2. The van der Waals surface area contributed by atoms with Crippen LogP contribution in [0, 0.1) is 6.92 Å². The molecule has 24 heavy (non-hydrogen) atoms. The van der Waals surface area contributed by atoms with E-state index in [0.717, 1.165) is 28.3 Å². The van der Waals surface area contributed by atoms with Crippen LogP contribution in [0.3, 0.4) is 0 Å². The molecule has 0 amide bonds. The molecule has 1 heterocycles. The lowest BCUT2D eigenvalue weighted by Gasteiger charge is -2.02. The van der Waals surface area contributed by atoms with Crippen molar-refractivity contribution >= 4 is 0 Å². The Morgan fingerprint density at radius 1 is 0.583 bits per heavy atom. The van der Waals surface area contributed by atoms with Gasteiger partial charge in [0.25, 0.3) is 0 Å². The van der Waals surface area contributed by atoms with Gasteiger partial charge in [0.1, 0.15) is 5.82 Å². The maximum atomic E-state index is 4.80. The maximum Gasteiger partial charge on any atom is 0.138 e. The summed E-state index contributed by atoms with van der Waals surface area (Å²) in [5.74, 6) is 0.908. The predicted molar refractivity (Wildman–Crippen MR) is 99.6 cm³/mol. The van der Waals surface area contributed by atoms with Gasteiger partial charge in [-0.15, -0.1) is 0 Å². The van der Waals surface area contributed by atoms with Gasteiger partial charge in [0.15, 0.2) is 0 Å². The fourth-order valence-electron chi connectivity index (χ4n) is 2.93. The van der Waals surface area contributed by atoms with Crippen molar-refractivity contribution in [3.05, 3.63) is 90.6 Å². The molecule has 4 aromatic rings. The Balaban J connectivity index is 1.68. The Kier molecular flexibility index (Phi) is 3.72. The van der Waals surface area contributed by atoms with Crippen LogP contribution in [0.25, 0.3) is 33.8 Å². The Hall–Kier alpha value is -3.13. The molecule has 0 aliphatic carbocycles. The molecule has 0 spiro atoms. The molecular formula is C22H18N2. The number of H-pyrrole nitrogens is 1. The van der Waals surface area contributed by atoms with Crippen molar-refractivity contribution in [2.75, 3.05) is 0 Å². The van der Waals surface area contributed by atoms with E-state index in [4.69, 9.17) is 4.98 Å². The summed E-state index contributed by atoms with van der Waals surface area (Å²) in [7, 11) is 0. The van der Waals surface area contributed by atoms with Crippen molar-refractivity contribution in [2.45, 2.75) is 6.92 Å². The second-order valence-electron chi connectivity index (χ2n) is 5.87. The van der Waals surface area contributed by atoms with Crippen LogP contribution in [0.4, 0.5) is 0 Å². The first-order chi connectivity index (χ1) is 11.8. The van der Waals surface area contributed by atoms with E-state index in [-0.39, 0.29) is 0 Å². The standard InChI is InChI=1S/C22H18N2/c1-16-21(19-10-6-3-7-11-19)24-22(23-16)20-14-12-18(13-15-20)17-8-4-2-5-9-17/h2-15H,1H3,(H,23,24). The van der Waals surface area contributed by atoms with Gasteiger partial charge in [-0.05, 0) is 18.1 Å². The number of benzene rings is 3. The first-order valence-corrected chi connectivity index (χ1v) is 8.09. The quantitative estimate of drug-likeness (QED) is 0.515. The largest absolute Gasteiger partial charge is 0.342 e. The molecule has 0 fully saturated rings. The molecule has 0 unspecified atom stereocenters. The van der Waals surface area contributed by atoms with Gasteiger partial charge in [-0.1, -0.05) is 84.9 Å². The molecule has 0 saturated heterocycles. The smallest absolute Gasteiger partial charge is 0.138 e. The molecule has 0 bridgehead atoms. The third kappa shape index (κ3) is 2.74. The molecular weight excluding hydrogens is 292 g/mol. The Bertz CT molecular complexity index is 936. The summed E-state index contributed by atoms with van der Waals surface area (Å²) < 4.78 is 0. The second-order valence-corrected chi connectivity index (χ2v) is 5.87. The molecule has 0 atom stereocenters. The maximum absolute atomic E-state index is 4.80. The molecule has 116 valence electrons. The Morgan fingerprint density at radius 2 is 1.08 bits per heavy atom. The number of hydrogen-bond acceptors (Lipinski definition) is 1. The minimum absolute atomic E-state index is 0.908. The first kappa shape index (κ1) is 14.5. The normalized spacial score (nSPS) is 10.7. The summed E-state index contributed by atoms with van der Waals surface area (Å²) in [5.41, 5.74) is 6.77. The predicted octanol–water partition coefficient (Wildman–Crippen LogP) is 5.72. The zero-order chi connectivity index (χ0) is 16.4. The third-order valence-electron chi connectivity index (χ3n) is 4.20. The average molecular weight is 310 g/mol. The van der Waals surface area contributed by atoms with Crippen molar-refractivity contribution in [3.8, 4) is 33.8 Å². The molecule has 0 radical (unpaired) electrons. The van der Waals surface area contributed by atoms with Gasteiger partial charge in [-0.2, -0.15) is 0 Å². The molecule has 4 rings (SSSR count). The number of rotatable bonds is 3. The lowest BCUT2D eigenvalue weighted by Crippen LogP contribution is -1.82. The highest BCUT2D eigenvalue weighted by molar-refractivity contribution is 5.70. The van der Waals surface area contributed by atoms with Crippen LogP contribution in [0.15, 0.2) is 84.9 Å². The molecule has 2 nitrogen and oxygen atoms in total. The van der Waals surface area contributed by atoms with Crippen molar-refractivity contribution in [1.29, 1.82) is 0 Å². The van der Waals surface area contributed by atoms with Gasteiger partial charge in [-0.3, -0.25) is 0 Å². The van der Waals surface area contributed by atoms with Gasteiger partial charge in [0.05, 0.1) is 5.69 Å². The molecule has 2 heteroatoms. The van der Waals surface area contributed by atoms with Crippen molar-refractivity contribution in [3.63, 3.8) is 0 Å². The van der Waals surface area contributed by atoms with E-state index in [0.29, 0.717) is 0 Å². The summed E-state index contributed by atoms with van der Waals surface area (Å²) in [6.45, 7) is 2.07. The number of nitrogens with zero attached hydrogens (tertiary/aromatic N) is 1. The molecule has 0 aliphatic rings. The number of aromatic nitrogens is 2. The molecule has 0 aliphatic heterocycles. The summed E-state index contributed by atoms with van der Waals surface area (Å²) in [4.78, 5) is 8.20. The number of nitrogens with one attached hydrogen (secondary N) is 1. The van der Waals surface area contributed by atoms with E-state index in [1.54, 1.807) is 0 Å². The van der Waals surface area contributed by atoms with Crippen molar-refractivity contribution < 1.29 is 0 Å². The molecule has 3 aromatic carbocycles. The van der Waals surface area contributed by atoms with E-state index >= 15 is 0 Å². The lowest BCUT2D eigenvalue weighted by molar-refractivity contribution is 1.26. The average Bonchev–Trinajstić information content (AvgIpc) is 3.05. The first-order valence-electron chi connectivity index (χ1n) is 8.09. The fraction of sp³-hybridized carbons (Fsp3) is 0.0455. The lowest BCUT2D eigenvalue weighted by atomic mass is 10.0. The van der Waals surface area contributed by atoms with Crippen LogP contribution in [0.1, 0.15) is 5.69 Å². The van der Waals surface area contributed by atoms with Gasteiger partial charge >= 0.3 is 0 Å². The van der Waals surface area contributed by atoms with Gasteiger partial charge in [0.2, 0.25) is 0 Å². The number of hydrogen-bond donors (Lipinski definition) is 1. The zero-order valence-corrected chi connectivity index (χ0v) is 13.5. The minimum Gasteiger partial charge on any atom is -0.342 e. The minimum atomic E-state index is 0.908. The summed E-state index contributed by atoms with van der Waals surface area (Å²) in [6.07, 6.45) is 0. The van der Waals surface area contributed by atoms with Crippen LogP contribution in [-0.2, 0) is 0 Å². The highest BCUT2D eigenvalue weighted by Gasteiger charge is 2.10. The summed E-state index contributed by atoms with van der Waals surface area (Å²) in [5, 5.41) is 0. The summed E-state index contributed by atoms with van der Waals surface area (Å²) >= 11 is 0. The zero-order valence-electron chi connectivity index (χ0n) is 13.5. The second kappa shape index (κ2) is 6.17. The number of aromatic amines is 1. The molecule has 1 aromatic heterocycles. The van der Waals surface area contributed by atoms with Crippen LogP contribution in [0.2, 0.25) is 0 Å². The third-order valence-corrected chi connectivity index (χ3v) is 4.20. The van der Waals surface area contributed by atoms with Gasteiger partial charge in [0, 0.05) is 16.8 Å². The van der Waals surface area contributed by atoms with E-state index in [2.05, 4.69) is 72.6 Å². The van der Waals surface area contributed by atoms with Crippen LogP contribution < -0.4 is 0 Å². The Labute approximate surface area is 141 Å². The molecule has 1 N–H and O–H groups in total. The molecule has 0 saturated carbocycles. The SMILES string of the molecule is Cc1[nH]c(-c2ccc(-c3ccccc3)cc2)nc1-c1ccccc1. The monoisotopic (exact) mass is 310 g/mol. The topological polar surface area (TPSA) is 28.7 Å². The van der Waals surface area contributed by atoms with E-state index < -0.39 is 0 Å². The van der Waals surface area contributed by atoms with Crippen LogP contribution in [-0.4, -0.2) is 9.97 Å². The highest BCUT2D eigenvalue weighted by Crippen LogP contribution is 2.27. The number of imidazole rings is 1. The van der Waals surface area contributed by atoms with Crippen molar-refractivity contribution in [2.24, 2.45) is 0 Å².